The molecule has 0 bridgehead atoms. The van der Waals surface area contributed by atoms with Gasteiger partial charge in [0.2, 0.25) is 0 Å². The first-order valence-electron chi connectivity index (χ1n) is 6.73. The first-order valence-corrected chi connectivity index (χ1v) is 6.73. The molecule has 0 fully saturated rings. The van der Waals surface area contributed by atoms with E-state index in [9.17, 15) is 14.4 Å². The van der Waals surface area contributed by atoms with Gasteiger partial charge < -0.3 is 15.5 Å². The lowest BCUT2D eigenvalue weighted by atomic mass is 10.2. The summed E-state index contributed by atoms with van der Waals surface area (Å²) in [5.41, 5.74) is 2.50. The van der Waals surface area contributed by atoms with Crippen LogP contribution in [-0.4, -0.2) is 34.2 Å². The van der Waals surface area contributed by atoms with Gasteiger partial charge >= 0.3 is 17.8 Å². The molecule has 0 unspecified atom stereocenters. The number of nitrogens with zero attached hydrogens (tertiary/aromatic N) is 1. The zero-order valence-corrected chi connectivity index (χ0v) is 12.3. The Bertz CT molecular complexity index is 800. The van der Waals surface area contributed by atoms with E-state index in [0.717, 1.165) is 0 Å². The summed E-state index contributed by atoms with van der Waals surface area (Å²) in [4.78, 5) is 34.4. The Balaban J connectivity index is 1.97. The predicted molar refractivity (Wildman–Crippen MR) is 85.9 cm³/mol. The summed E-state index contributed by atoms with van der Waals surface area (Å²) < 4.78 is 0. The Morgan fingerprint density at radius 3 is 2.29 bits per heavy atom. The molecule has 0 spiro atoms. The first kappa shape index (κ1) is 16.7. The van der Waals surface area contributed by atoms with Crippen LogP contribution in [0.1, 0.15) is 15.9 Å². The molecule has 0 aliphatic carbocycles. The average molecular weight is 327 g/mol. The number of carboxylic acids is 1. The molecule has 2 aromatic carbocycles. The second kappa shape index (κ2) is 7.54. The molecule has 2 rings (SSSR count). The highest BCUT2D eigenvalue weighted by Gasteiger charge is 2.16. The maximum atomic E-state index is 11.8. The van der Waals surface area contributed by atoms with Gasteiger partial charge in [0.25, 0.3) is 0 Å². The summed E-state index contributed by atoms with van der Waals surface area (Å²) in [5.74, 6) is -3.24. The molecule has 2 aromatic rings. The smallest absolute Gasteiger partial charge is 0.337 e. The van der Waals surface area contributed by atoms with E-state index in [4.69, 9.17) is 10.2 Å². The van der Waals surface area contributed by atoms with Crippen molar-refractivity contribution in [2.45, 2.75) is 0 Å². The predicted octanol–water partition coefficient (Wildman–Crippen LogP) is 1.18. The molecule has 0 saturated carbocycles. The standard InChI is InChI=1S/C16H13N3O5/c20-11-7-5-10(6-8-11)9-17-19-15(22)14(21)18-13-4-2-1-3-12(13)16(23)24/h1-9,20H,(H,18,21)(H,19,22)(H,23,24)/b17-9-. The largest absolute Gasteiger partial charge is 0.508 e. The van der Waals surface area contributed by atoms with Crippen LogP contribution < -0.4 is 10.7 Å². The number of nitrogens with one attached hydrogen (secondary N) is 2. The minimum atomic E-state index is -1.23. The van der Waals surface area contributed by atoms with Crippen molar-refractivity contribution in [1.29, 1.82) is 0 Å². The number of carboxylic acid groups (broad SMARTS) is 1. The maximum absolute atomic E-state index is 11.8. The summed E-state index contributed by atoms with van der Waals surface area (Å²) in [6, 6.07) is 11.7. The molecule has 8 heteroatoms. The topological polar surface area (TPSA) is 128 Å². The molecule has 4 N–H and O–H groups in total. The number of para-hydroxylation sites is 1. The summed E-state index contributed by atoms with van der Waals surface area (Å²) >= 11 is 0. The van der Waals surface area contributed by atoms with Crippen LogP contribution in [0.25, 0.3) is 0 Å². The van der Waals surface area contributed by atoms with Crippen LogP contribution in [-0.2, 0) is 9.59 Å². The quantitative estimate of drug-likeness (QED) is 0.381. The Morgan fingerprint density at radius 2 is 1.62 bits per heavy atom. The molecule has 0 radical (unpaired) electrons. The number of aromatic hydroxyl groups is 1. The highest BCUT2D eigenvalue weighted by molar-refractivity contribution is 6.39. The molecule has 122 valence electrons. The number of carbonyl (C=O) groups excluding carboxylic acids is 2. The van der Waals surface area contributed by atoms with Gasteiger partial charge in [0.15, 0.2) is 0 Å². The number of phenols is 1. The molecule has 0 aromatic heterocycles. The molecule has 24 heavy (non-hydrogen) atoms. The zero-order chi connectivity index (χ0) is 17.5. The number of anilines is 1. The van der Waals surface area contributed by atoms with Crippen LogP contribution in [0.4, 0.5) is 5.69 Å². The van der Waals surface area contributed by atoms with Gasteiger partial charge in [-0.3, -0.25) is 9.59 Å². The Labute approximate surface area is 136 Å². The molecule has 0 aliphatic rings. The van der Waals surface area contributed by atoms with E-state index in [1.807, 2.05) is 5.43 Å². The van der Waals surface area contributed by atoms with Crippen molar-refractivity contribution in [1.82, 2.24) is 5.43 Å². The van der Waals surface area contributed by atoms with Gasteiger partial charge in [-0.25, -0.2) is 10.2 Å². The van der Waals surface area contributed by atoms with Crippen LogP contribution in [0, 0.1) is 0 Å². The SMILES string of the molecule is O=C(N/N=C\c1ccc(O)cc1)C(=O)Nc1ccccc1C(=O)O. The van der Waals surface area contributed by atoms with E-state index in [2.05, 4.69) is 10.4 Å². The van der Waals surface area contributed by atoms with Gasteiger partial charge in [-0.2, -0.15) is 5.10 Å². The van der Waals surface area contributed by atoms with Gasteiger partial charge in [0.05, 0.1) is 17.5 Å². The molecule has 0 heterocycles. The van der Waals surface area contributed by atoms with Crippen molar-refractivity contribution in [2.75, 3.05) is 5.32 Å². The first-order chi connectivity index (χ1) is 11.5. The zero-order valence-electron chi connectivity index (χ0n) is 12.3. The van der Waals surface area contributed by atoms with E-state index >= 15 is 0 Å². The minimum absolute atomic E-state index is 0.00710. The summed E-state index contributed by atoms with van der Waals surface area (Å²) in [6.45, 7) is 0. The van der Waals surface area contributed by atoms with Crippen LogP contribution in [0.3, 0.4) is 0 Å². The second-order valence-corrected chi connectivity index (χ2v) is 4.60. The number of hydrazone groups is 1. The molecular formula is C16H13N3O5. The third-order valence-electron chi connectivity index (χ3n) is 2.88. The van der Waals surface area contributed by atoms with E-state index in [1.165, 1.54) is 42.6 Å². The van der Waals surface area contributed by atoms with Gasteiger partial charge in [0, 0.05) is 0 Å². The van der Waals surface area contributed by atoms with Crippen molar-refractivity contribution in [3.05, 3.63) is 59.7 Å². The van der Waals surface area contributed by atoms with Crippen LogP contribution in [0.5, 0.6) is 5.75 Å². The Hall–Kier alpha value is -3.68. The number of amides is 2. The average Bonchev–Trinajstić information content (AvgIpc) is 2.56. The Morgan fingerprint density at radius 1 is 0.958 bits per heavy atom. The third-order valence-corrected chi connectivity index (χ3v) is 2.88. The number of hydrogen-bond donors (Lipinski definition) is 4. The highest BCUT2D eigenvalue weighted by Crippen LogP contribution is 2.14. The van der Waals surface area contributed by atoms with E-state index < -0.39 is 17.8 Å². The fourth-order valence-corrected chi connectivity index (χ4v) is 1.73. The summed E-state index contributed by atoms with van der Waals surface area (Å²) in [7, 11) is 0. The fraction of sp³-hybridized carbons (Fsp3) is 0. The molecular weight excluding hydrogens is 314 g/mol. The number of benzene rings is 2. The number of rotatable bonds is 4. The number of hydrogen-bond acceptors (Lipinski definition) is 5. The second-order valence-electron chi connectivity index (χ2n) is 4.60. The molecule has 0 aliphatic heterocycles. The monoisotopic (exact) mass is 327 g/mol. The van der Waals surface area contributed by atoms with Gasteiger partial charge in [0.1, 0.15) is 5.75 Å². The van der Waals surface area contributed by atoms with Crippen molar-refractivity contribution < 1.29 is 24.6 Å². The lowest BCUT2D eigenvalue weighted by Crippen LogP contribution is -2.32. The lowest BCUT2D eigenvalue weighted by Gasteiger charge is -2.06. The molecule has 0 atom stereocenters. The van der Waals surface area contributed by atoms with Crippen LogP contribution in [0.15, 0.2) is 53.6 Å². The minimum Gasteiger partial charge on any atom is -0.508 e. The number of carbonyl (C=O) groups is 3. The normalized spacial score (nSPS) is 10.3. The van der Waals surface area contributed by atoms with Gasteiger partial charge in [-0.05, 0) is 42.0 Å². The summed E-state index contributed by atoms with van der Waals surface area (Å²) in [6.07, 6.45) is 1.29. The Kier molecular flexibility index (Phi) is 5.24. The molecule has 2 amide bonds. The fourth-order valence-electron chi connectivity index (χ4n) is 1.73. The van der Waals surface area contributed by atoms with Gasteiger partial charge in [-0.15, -0.1) is 0 Å². The third kappa shape index (κ3) is 4.41. The molecule has 8 nitrogen and oxygen atoms in total. The van der Waals surface area contributed by atoms with Crippen molar-refractivity contribution in [3.8, 4) is 5.75 Å². The summed E-state index contributed by atoms with van der Waals surface area (Å²) in [5, 5.41) is 24.0. The maximum Gasteiger partial charge on any atom is 0.337 e. The van der Waals surface area contributed by atoms with Crippen LogP contribution in [0.2, 0.25) is 0 Å². The molecule has 0 saturated heterocycles. The van der Waals surface area contributed by atoms with E-state index in [1.54, 1.807) is 12.1 Å². The number of aromatic carboxylic acids is 1. The number of phenolic OH excluding ortho intramolecular Hbond substituents is 1. The van der Waals surface area contributed by atoms with E-state index in [0.29, 0.717) is 5.56 Å². The lowest BCUT2D eigenvalue weighted by molar-refractivity contribution is -0.136. The van der Waals surface area contributed by atoms with Crippen molar-refractivity contribution in [2.24, 2.45) is 5.10 Å². The van der Waals surface area contributed by atoms with Gasteiger partial charge in [-0.1, -0.05) is 12.1 Å². The van der Waals surface area contributed by atoms with Crippen molar-refractivity contribution in [3.63, 3.8) is 0 Å². The highest BCUT2D eigenvalue weighted by atomic mass is 16.4. The van der Waals surface area contributed by atoms with Crippen LogP contribution >= 0.6 is 0 Å². The van der Waals surface area contributed by atoms with Crippen molar-refractivity contribution >= 4 is 29.7 Å². The van der Waals surface area contributed by atoms with E-state index in [-0.39, 0.29) is 17.0 Å².